The Labute approximate surface area is 178 Å². The molecule has 0 saturated carbocycles. The molecule has 0 bridgehead atoms. The zero-order valence-corrected chi connectivity index (χ0v) is 17.5. The van der Waals surface area contributed by atoms with E-state index in [1.54, 1.807) is 18.5 Å². The molecule has 3 heterocycles. The normalized spacial score (nSPS) is 20.3. The second-order valence-corrected chi connectivity index (χ2v) is 8.26. The number of phenolic OH excluding ortho intramolecular Hbond substituents is 1. The fourth-order valence-corrected chi connectivity index (χ4v) is 4.52. The van der Waals surface area contributed by atoms with Gasteiger partial charge in [0.25, 0.3) is 0 Å². The van der Waals surface area contributed by atoms with Gasteiger partial charge in [-0.1, -0.05) is 12.1 Å². The second-order valence-electron chi connectivity index (χ2n) is 8.26. The molecule has 2 aliphatic rings. The Hall–Kier alpha value is -2.67. The Morgan fingerprint density at radius 1 is 1.03 bits per heavy atom. The van der Waals surface area contributed by atoms with Gasteiger partial charge in [0.05, 0.1) is 6.54 Å². The van der Waals surface area contributed by atoms with Crippen molar-refractivity contribution < 1.29 is 9.90 Å². The lowest BCUT2D eigenvalue weighted by Gasteiger charge is -2.39. The number of carbonyl (C=O) groups is 1. The van der Waals surface area contributed by atoms with Gasteiger partial charge in [0.2, 0.25) is 11.9 Å². The standard InChI is InChI=1S/C23H31N5O2/c29-21-7-3-5-19(17-21)8-9-20-6-1-2-12-28(20)22(30)18-26-13-15-27(16-14-26)23-24-10-4-11-25-23/h3-5,7,10-11,17,20,29H,1-2,6,8-9,12-16,18H2. The number of likely N-dealkylation sites (tertiary alicyclic amines) is 1. The quantitative estimate of drug-likeness (QED) is 0.789. The molecule has 2 saturated heterocycles. The van der Waals surface area contributed by atoms with Crippen molar-refractivity contribution >= 4 is 11.9 Å². The molecule has 2 aromatic rings. The maximum absolute atomic E-state index is 13.1. The van der Waals surface area contributed by atoms with Crippen LogP contribution in [-0.4, -0.2) is 76.1 Å². The van der Waals surface area contributed by atoms with Gasteiger partial charge in [-0.15, -0.1) is 0 Å². The summed E-state index contributed by atoms with van der Waals surface area (Å²) < 4.78 is 0. The van der Waals surface area contributed by atoms with Gasteiger partial charge in [-0.3, -0.25) is 9.69 Å². The first-order valence-corrected chi connectivity index (χ1v) is 11.0. The Kier molecular flexibility index (Phi) is 6.79. The fraction of sp³-hybridized carbons (Fsp3) is 0.522. The minimum absolute atomic E-state index is 0.250. The molecule has 160 valence electrons. The van der Waals surface area contributed by atoms with E-state index in [0.29, 0.717) is 18.3 Å². The van der Waals surface area contributed by atoms with Crippen molar-refractivity contribution in [1.29, 1.82) is 0 Å². The maximum atomic E-state index is 13.1. The smallest absolute Gasteiger partial charge is 0.236 e. The van der Waals surface area contributed by atoms with Crippen LogP contribution in [0.15, 0.2) is 42.7 Å². The lowest BCUT2D eigenvalue weighted by atomic mass is 9.95. The minimum Gasteiger partial charge on any atom is -0.508 e. The lowest BCUT2D eigenvalue weighted by molar-refractivity contribution is -0.136. The number of piperazine rings is 1. The predicted molar refractivity (Wildman–Crippen MR) is 116 cm³/mol. The van der Waals surface area contributed by atoms with Gasteiger partial charge >= 0.3 is 0 Å². The molecular formula is C23H31N5O2. The minimum atomic E-state index is 0.250. The predicted octanol–water partition coefficient (Wildman–Crippen LogP) is 2.32. The summed E-state index contributed by atoms with van der Waals surface area (Å²) in [6, 6.07) is 9.58. The number of rotatable bonds is 6. The number of phenols is 1. The first-order chi connectivity index (χ1) is 14.7. The molecule has 1 aromatic carbocycles. The number of carbonyl (C=O) groups excluding carboxylic acids is 1. The highest BCUT2D eigenvalue weighted by Crippen LogP contribution is 2.23. The van der Waals surface area contributed by atoms with E-state index in [1.165, 1.54) is 6.42 Å². The lowest BCUT2D eigenvalue weighted by Crippen LogP contribution is -2.52. The van der Waals surface area contributed by atoms with Crippen molar-refractivity contribution in [1.82, 2.24) is 19.8 Å². The van der Waals surface area contributed by atoms with Crippen molar-refractivity contribution in [2.24, 2.45) is 0 Å². The molecule has 2 aliphatic heterocycles. The van der Waals surface area contributed by atoms with Gasteiger partial charge in [0.1, 0.15) is 5.75 Å². The molecular weight excluding hydrogens is 378 g/mol. The van der Waals surface area contributed by atoms with Crippen molar-refractivity contribution in [2.45, 2.75) is 38.1 Å². The summed E-state index contributed by atoms with van der Waals surface area (Å²) in [7, 11) is 0. The van der Waals surface area contributed by atoms with E-state index in [-0.39, 0.29) is 5.91 Å². The number of benzene rings is 1. The van der Waals surface area contributed by atoms with Gasteiger partial charge in [-0.2, -0.15) is 0 Å². The van der Waals surface area contributed by atoms with Crippen LogP contribution >= 0.6 is 0 Å². The number of hydrogen-bond donors (Lipinski definition) is 1. The van der Waals surface area contributed by atoms with E-state index in [2.05, 4.69) is 24.7 Å². The molecule has 1 unspecified atom stereocenters. The van der Waals surface area contributed by atoms with Crippen molar-refractivity contribution in [3.05, 3.63) is 48.3 Å². The largest absolute Gasteiger partial charge is 0.508 e. The van der Waals surface area contributed by atoms with Gasteiger partial charge in [-0.25, -0.2) is 9.97 Å². The van der Waals surface area contributed by atoms with E-state index < -0.39 is 0 Å². The van der Waals surface area contributed by atoms with E-state index in [9.17, 15) is 9.90 Å². The van der Waals surface area contributed by atoms with Crippen LogP contribution in [0.5, 0.6) is 5.75 Å². The van der Waals surface area contributed by atoms with E-state index in [4.69, 9.17) is 0 Å². The van der Waals surface area contributed by atoms with E-state index in [0.717, 1.165) is 69.9 Å². The van der Waals surface area contributed by atoms with Crippen LogP contribution in [0.4, 0.5) is 5.95 Å². The molecule has 4 rings (SSSR count). The SMILES string of the molecule is O=C(CN1CCN(c2ncccn2)CC1)N1CCCCC1CCc1cccc(O)c1. The van der Waals surface area contributed by atoms with Crippen LogP contribution in [-0.2, 0) is 11.2 Å². The number of aromatic nitrogens is 2. The molecule has 0 aliphatic carbocycles. The highest BCUT2D eigenvalue weighted by atomic mass is 16.3. The van der Waals surface area contributed by atoms with Crippen LogP contribution in [0, 0.1) is 0 Å². The van der Waals surface area contributed by atoms with Crippen LogP contribution in [0.25, 0.3) is 0 Å². The Bertz CT molecular complexity index is 823. The molecule has 30 heavy (non-hydrogen) atoms. The third kappa shape index (κ3) is 5.27. The first-order valence-electron chi connectivity index (χ1n) is 11.0. The molecule has 1 N–H and O–H groups in total. The topological polar surface area (TPSA) is 72.8 Å². The number of hydrogen-bond acceptors (Lipinski definition) is 6. The summed E-state index contributed by atoms with van der Waals surface area (Å²) in [5, 5.41) is 9.68. The Morgan fingerprint density at radius 2 is 1.83 bits per heavy atom. The molecule has 7 nitrogen and oxygen atoms in total. The average molecular weight is 410 g/mol. The number of nitrogens with zero attached hydrogens (tertiary/aromatic N) is 5. The number of piperidine rings is 1. The number of aryl methyl sites for hydroxylation is 1. The summed E-state index contributed by atoms with van der Waals surface area (Å²) in [5.41, 5.74) is 1.13. The summed E-state index contributed by atoms with van der Waals surface area (Å²) in [6.07, 6.45) is 8.73. The fourth-order valence-electron chi connectivity index (χ4n) is 4.52. The first kappa shape index (κ1) is 20.6. The highest BCUT2D eigenvalue weighted by Gasteiger charge is 2.28. The van der Waals surface area contributed by atoms with Crippen molar-refractivity contribution in [2.75, 3.05) is 44.2 Å². The Morgan fingerprint density at radius 3 is 2.60 bits per heavy atom. The molecule has 1 aromatic heterocycles. The van der Waals surface area contributed by atoms with Gasteiger partial charge in [0.15, 0.2) is 0 Å². The average Bonchev–Trinajstić information content (AvgIpc) is 2.79. The van der Waals surface area contributed by atoms with E-state index in [1.807, 2.05) is 24.3 Å². The van der Waals surface area contributed by atoms with Crippen LogP contribution in [0.2, 0.25) is 0 Å². The van der Waals surface area contributed by atoms with E-state index >= 15 is 0 Å². The summed E-state index contributed by atoms with van der Waals surface area (Å²) in [4.78, 5) is 28.3. The van der Waals surface area contributed by atoms with Gasteiger partial charge < -0.3 is 14.9 Å². The highest BCUT2D eigenvalue weighted by molar-refractivity contribution is 5.78. The van der Waals surface area contributed by atoms with Gasteiger partial charge in [0, 0.05) is 51.2 Å². The zero-order valence-electron chi connectivity index (χ0n) is 17.5. The Balaban J connectivity index is 1.28. The summed E-state index contributed by atoms with van der Waals surface area (Å²) >= 11 is 0. The van der Waals surface area contributed by atoms with Gasteiger partial charge in [-0.05, 0) is 55.9 Å². The van der Waals surface area contributed by atoms with Crippen LogP contribution in [0.1, 0.15) is 31.2 Å². The van der Waals surface area contributed by atoms with Crippen molar-refractivity contribution in [3.63, 3.8) is 0 Å². The summed E-state index contributed by atoms with van der Waals surface area (Å²) in [5.74, 6) is 1.33. The molecule has 0 radical (unpaired) electrons. The maximum Gasteiger partial charge on any atom is 0.236 e. The number of anilines is 1. The third-order valence-corrected chi connectivity index (χ3v) is 6.19. The molecule has 1 amide bonds. The second kappa shape index (κ2) is 9.89. The van der Waals surface area contributed by atoms with Crippen LogP contribution in [0.3, 0.4) is 0 Å². The molecule has 1 atom stereocenters. The molecule has 2 fully saturated rings. The number of aromatic hydroxyl groups is 1. The summed E-state index contributed by atoms with van der Waals surface area (Å²) in [6.45, 7) is 4.75. The molecule has 0 spiro atoms. The number of amides is 1. The van der Waals surface area contributed by atoms with Crippen molar-refractivity contribution in [3.8, 4) is 5.75 Å². The zero-order chi connectivity index (χ0) is 20.8. The van der Waals surface area contributed by atoms with Crippen LogP contribution < -0.4 is 4.90 Å². The molecule has 7 heteroatoms. The third-order valence-electron chi connectivity index (χ3n) is 6.19. The monoisotopic (exact) mass is 409 g/mol.